The van der Waals surface area contributed by atoms with Gasteiger partial charge in [-0.15, -0.1) is 0 Å². The first-order chi connectivity index (χ1) is 9.51. The third-order valence-electron chi connectivity index (χ3n) is 3.69. The molecule has 0 aliphatic heterocycles. The van der Waals surface area contributed by atoms with E-state index in [2.05, 4.69) is 0 Å². The summed E-state index contributed by atoms with van der Waals surface area (Å²) in [6.45, 7) is 0. The van der Waals surface area contributed by atoms with Gasteiger partial charge in [0.2, 0.25) is 0 Å². The monoisotopic (exact) mass is 307 g/mol. The fraction of sp³-hybridized carbons (Fsp3) is 0.200. The lowest BCUT2D eigenvalue weighted by Crippen LogP contribution is -2.15. The van der Waals surface area contributed by atoms with Crippen molar-refractivity contribution >= 4 is 21.4 Å². The predicted molar refractivity (Wildman–Crippen MR) is 79.6 cm³/mol. The van der Waals surface area contributed by atoms with Crippen LogP contribution in [-0.2, 0) is 9.84 Å². The minimum absolute atomic E-state index is 0.128. The van der Waals surface area contributed by atoms with Crippen LogP contribution in [0.25, 0.3) is 0 Å². The van der Waals surface area contributed by atoms with Crippen LogP contribution in [0, 0.1) is 0 Å². The molecule has 0 radical (unpaired) electrons. The predicted octanol–water partition coefficient (Wildman–Crippen LogP) is 2.61. The number of nitrogens with two attached hydrogens (primary N) is 1. The molecule has 3 nitrogen and oxygen atoms in total. The molecule has 0 heterocycles. The molecule has 1 saturated carbocycles. The van der Waals surface area contributed by atoms with E-state index >= 15 is 0 Å². The molecule has 2 aromatic carbocycles. The summed E-state index contributed by atoms with van der Waals surface area (Å²) in [5.41, 5.74) is 6.97. The largest absolute Gasteiger partial charge is 0.326 e. The summed E-state index contributed by atoms with van der Waals surface area (Å²) < 4.78 is 25.2. The fourth-order valence-electron chi connectivity index (χ4n) is 2.57. The van der Waals surface area contributed by atoms with Crippen molar-refractivity contribution in [1.29, 1.82) is 0 Å². The van der Waals surface area contributed by atoms with Gasteiger partial charge in [-0.2, -0.15) is 0 Å². The number of hydrogen-bond donors (Lipinski definition) is 1. The third kappa shape index (κ3) is 2.24. The van der Waals surface area contributed by atoms with Crippen LogP contribution in [-0.4, -0.2) is 19.7 Å². The Morgan fingerprint density at radius 2 is 1.55 bits per heavy atom. The summed E-state index contributed by atoms with van der Waals surface area (Å²) in [6.07, 6.45) is 0. The quantitative estimate of drug-likeness (QED) is 0.948. The first-order valence-electron chi connectivity index (χ1n) is 6.32. The van der Waals surface area contributed by atoms with E-state index in [0.717, 1.165) is 5.56 Å². The molecule has 104 valence electrons. The van der Waals surface area contributed by atoms with E-state index in [-0.39, 0.29) is 16.9 Å². The molecule has 0 unspecified atom stereocenters. The maximum Gasteiger partial charge on any atom is 0.183 e. The number of hydrogen-bond acceptors (Lipinski definition) is 3. The highest BCUT2D eigenvalue weighted by atomic mass is 35.5. The summed E-state index contributed by atoms with van der Waals surface area (Å²) >= 11 is 5.79. The Balaban J connectivity index is 1.92. The lowest BCUT2D eigenvalue weighted by atomic mass is 10.1. The zero-order chi connectivity index (χ0) is 14.3. The molecule has 2 N–H and O–H groups in total. The summed E-state index contributed by atoms with van der Waals surface area (Å²) in [6, 6.07) is 15.4. The van der Waals surface area contributed by atoms with E-state index in [0.29, 0.717) is 5.02 Å². The molecule has 0 spiro atoms. The maximum atomic E-state index is 12.6. The van der Waals surface area contributed by atoms with E-state index in [1.807, 2.05) is 30.3 Å². The standard InChI is InChI=1S/C15H14ClNO2S/c16-11-6-8-12(9-7-11)20(18,19)15-13(14(15)17)10-4-2-1-3-5-10/h1-9,13-15H,17H2/t13-,14-,15-/m0/s1. The highest BCUT2D eigenvalue weighted by Crippen LogP contribution is 2.46. The van der Waals surface area contributed by atoms with Gasteiger partial charge in [-0.05, 0) is 29.8 Å². The maximum absolute atomic E-state index is 12.6. The number of halogens is 1. The number of sulfone groups is 1. The molecule has 3 rings (SSSR count). The summed E-state index contributed by atoms with van der Waals surface area (Å²) in [5.74, 6) is -0.128. The summed E-state index contributed by atoms with van der Waals surface area (Å²) in [7, 11) is -3.41. The van der Waals surface area contributed by atoms with Gasteiger partial charge in [0.1, 0.15) is 0 Å². The molecular formula is C15H14ClNO2S. The van der Waals surface area contributed by atoms with Gasteiger partial charge >= 0.3 is 0 Å². The highest BCUT2D eigenvalue weighted by Gasteiger charge is 2.56. The van der Waals surface area contributed by atoms with Crippen LogP contribution in [0.3, 0.4) is 0 Å². The average Bonchev–Trinajstić information content (AvgIpc) is 3.13. The summed E-state index contributed by atoms with van der Waals surface area (Å²) in [4.78, 5) is 0.279. The van der Waals surface area contributed by atoms with Crippen LogP contribution in [0.15, 0.2) is 59.5 Å². The van der Waals surface area contributed by atoms with Crippen molar-refractivity contribution in [3.63, 3.8) is 0 Å². The third-order valence-corrected chi connectivity index (χ3v) is 6.20. The van der Waals surface area contributed by atoms with Gasteiger partial charge < -0.3 is 5.73 Å². The minimum Gasteiger partial charge on any atom is -0.326 e. The second-order valence-corrected chi connectivity index (χ2v) is 7.52. The number of benzene rings is 2. The van der Waals surface area contributed by atoms with Crippen LogP contribution in [0.4, 0.5) is 0 Å². The molecule has 20 heavy (non-hydrogen) atoms. The molecule has 0 amide bonds. The topological polar surface area (TPSA) is 60.2 Å². The Hall–Kier alpha value is -1.36. The Morgan fingerprint density at radius 1 is 0.950 bits per heavy atom. The molecule has 0 aromatic heterocycles. The lowest BCUT2D eigenvalue weighted by Gasteiger charge is -2.04. The lowest BCUT2D eigenvalue weighted by molar-refractivity contribution is 0.593. The zero-order valence-electron chi connectivity index (χ0n) is 10.6. The van der Waals surface area contributed by atoms with Crippen LogP contribution >= 0.6 is 11.6 Å². The Kier molecular flexibility index (Phi) is 3.32. The zero-order valence-corrected chi connectivity index (χ0v) is 12.2. The van der Waals surface area contributed by atoms with Gasteiger partial charge in [-0.1, -0.05) is 41.9 Å². The Morgan fingerprint density at radius 3 is 2.15 bits per heavy atom. The average molecular weight is 308 g/mol. The molecule has 5 heteroatoms. The molecule has 0 bridgehead atoms. The van der Waals surface area contributed by atoms with Crippen molar-refractivity contribution < 1.29 is 8.42 Å². The smallest absolute Gasteiger partial charge is 0.183 e. The van der Waals surface area contributed by atoms with Crippen molar-refractivity contribution in [3.05, 3.63) is 65.2 Å². The molecule has 1 aliphatic carbocycles. The van der Waals surface area contributed by atoms with Crippen molar-refractivity contribution in [2.45, 2.75) is 22.1 Å². The Bertz CT molecular complexity index is 713. The van der Waals surface area contributed by atoms with Crippen LogP contribution in [0.2, 0.25) is 5.02 Å². The van der Waals surface area contributed by atoms with Gasteiger partial charge in [0.05, 0.1) is 10.1 Å². The van der Waals surface area contributed by atoms with Gasteiger partial charge in [-0.3, -0.25) is 0 Å². The molecule has 2 aromatic rings. The van der Waals surface area contributed by atoms with Gasteiger partial charge in [-0.25, -0.2) is 8.42 Å². The highest BCUT2D eigenvalue weighted by molar-refractivity contribution is 7.92. The Labute approximate surface area is 123 Å². The van der Waals surface area contributed by atoms with Crippen molar-refractivity contribution in [2.24, 2.45) is 5.73 Å². The number of rotatable bonds is 3. The normalized spacial score (nSPS) is 25.4. The van der Waals surface area contributed by atoms with E-state index < -0.39 is 15.1 Å². The molecule has 1 fully saturated rings. The second kappa shape index (κ2) is 4.88. The fourth-order valence-corrected chi connectivity index (χ4v) is 4.75. The SMILES string of the molecule is N[C@H]1[C@H](c2ccccc2)[C@@H]1S(=O)(=O)c1ccc(Cl)cc1. The minimum atomic E-state index is -3.41. The van der Waals surface area contributed by atoms with Crippen LogP contribution in [0.1, 0.15) is 11.5 Å². The van der Waals surface area contributed by atoms with Crippen LogP contribution < -0.4 is 5.73 Å². The molecule has 0 saturated heterocycles. The van der Waals surface area contributed by atoms with E-state index in [1.165, 1.54) is 12.1 Å². The first-order valence-corrected chi connectivity index (χ1v) is 8.24. The first kappa shape index (κ1) is 13.6. The van der Waals surface area contributed by atoms with E-state index in [4.69, 9.17) is 17.3 Å². The molecule has 1 aliphatic rings. The van der Waals surface area contributed by atoms with Gasteiger partial charge in [0.15, 0.2) is 9.84 Å². The van der Waals surface area contributed by atoms with Crippen LogP contribution in [0.5, 0.6) is 0 Å². The van der Waals surface area contributed by atoms with Gasteiger partial charge in [0.25, 0.3) is 0 Å². The van der Waals surface area contributed by atoms with Crippen molar-refractivity contribution in [1.82, 2.24) is 0 Å². The summed E-state index contributed by atoms with van der Waals surface area (Å²) in [5, 5.41) is -0.0327. The molecule has 3 atom stereocenters. The van der Waals surface area contributed by atoms with Crippen molar-refractivity contribution in [3.8, 4) is 0 Å². The van der Waals surface area contributed by atoms with E-state index in [9.17, 15) is 8.42 Å². The van der Waals surface area contributed by atoms with E-state index in [1.54, 1.807) is 12.1 Å². The second-order valence-electron chi connectivity index (χ2n) is 4.98. The van der Waals surface area contributed by atoms with Gasteiger partial charge in [0, 0.05) is 17.0 Å². The van der Waals surface area contributed by atoms with Crippen molar-refractivity contribution in [2.75, 3.05) is 0 Å². The molecular weight excluding hydrogens is 294 g/mol.